The first kappa shape index (κ1) is 22.9. The van der Waals surface area contributed by atoms with Crippen molar-refractivity contribution in [1.29, 1.82) is 0 Å². The Bertz CT molecular complexity index is 1550. The zero-order valence-electron chi connectivity index (χ0n) is 20.6. The van der Waals surface area contributed by atoms with Crippen molar-refractivity contribution >= 4 is 10.9 Å². The van der Waals surface area contributed by atoms with Gasteiger partial charge in [-0.3, -0.25) is 4.98 Å². The fourth-order valence-corrected chi connectivity index (χ4v) is 5.40. The fourth-order valence-electron chi connectivity index (χ4n) is 5.40. The summed E-state index contributed by atoms with van der Waals surface area (Å²) in [5, 5.41) is 12.6. The lowest BCUT2D eigenvalue weighted by molar-refractivity contribution is 0.215. The Balaban J connectivity index is 1.58. The van der Waals surface area contributed by atoms with Gasteiger partial charge in [0.15, 0.2) is 0 Å². The average molecular weight is 482 g/mol. The topological polar surface area (TPSA) is 50.9 Å². The third kappa shape index (κ3) is 3.83. The average Bonchev–Trinajstić information content (AvgIpc) is 3.36. The molecule has 4 nitrogen and oxygen atoms in total. The Kier molecular flexibility index (Phi) is 5.87. The monoisotopic (exact) mass is 481 g/mol. The first-order chi connectivity index (χ1) is 18.2. The van der Waals surface area contributed by atoms with E-state index in [0.717, 1.165) is 38.9 Å². The number of benzene rings is 4. The third-order valence-electron chi connectivity index (χ3n) is 7.19. The van der Waals surface area contributed by atoms with Gasteiger partial charge >= 0.3 is 0 Å². The predicted octanol–water partition coefficient (Wildman–Crippen LogP) is 6.66. The highest BCUT2D eigenvalue weighted by Gasteiger charge is 2.40. The maximum absolute atomic E-state index is 11.5. The van der Waals surface area contributed by atoms with Gasteiger partial charge in [0.05, 0.1) is 17.5 Å². The van der Waals surface area contributed by atoms with E-state index in [-0.39, 0.29) is 0 Å². The van der Waals surface area contributed by atoms with Crippen LogP contribution in [-0.2, 0) is 5.54 Å². The molecule has 0 radical (unpaired) electrons. The second kappa shape index (κ2) is 9.49. The molecular formula is C33H27N3O. The molecule has 0 spiro atoms. The van der Waals surface area contributed by atoms with Crippen molar-refractivity contribution < 1.29 is 5.11 Å². The van der Waals surface area contributed by atoms with Gasteiger partial charge in [-0.15, -0.1) is 0 Å². The lowest BCUT2D eigenvalue weighted by Gasteiger charge is -2.38. The van der Waals surface area contributed by atoms with Gasteiger partial charge in [-0.2, -0.15) is 0 Å². The molecule has 4 aromatic carbocycles. The standard InChI is InChI=1S/C33H27N3O/c1-24-31(32(37)26-20-19-25-12-11-21-34-30(25)22-26)35-23-36(24)33(27-13-5-2-6-14-27,28-15-7-3-8-16-28)29-17-9-4-10-18-29/h2-23,32,37H,1H3. The maximum Gasteiger partial charge on any atom is 0.123 e. The molecule has 0 fully saturated rings. The lowest BCUT2D eigenvalue weighted by atomic mass is 9.76. The van der Waals surface area contributed by atoms with Gasteiger partial charge in [0.1, 0.15) is 11.6 Å². The Morgan fingerprint density at radius 1 is 0.676 bits per heavy atom. The molecule has 1 atom stereocenters. The van der Waals surface area contributed by atoms with Gasteiger partial charge in [-0.1, -0.05) is 109 Å². The van der Waals surface area contributed by atoms with E-state index in [1.165, 1.54) is 0 Å². The van der Waals surface area contributed by atoms with Crippen LogP contribution in [0.25, 0.3) is 10.9 Å². The number of nitrogens with zero attached hydrogens (tertiary/aromatic N) is 3. The van der Waals surface area contributed by atoms with Gasteiger partial charge in [0.25, 0.3) is 0 Å². The van der Waals surface area contributed by atoms with Crippen LogP contribution in [0.1, 0.15) is 39.7 Å². The van der Waals surface area contributed by atoms with Crippen LogP contribution in [0, 0.1) is 6.92 Å². The molecule has 1 unspecified atom stereocenters. The molecule has 0 saturated heterocycles. The first-order valence-electron chi connectivity index (χ1n) is 12.4. The molecule has 1 N–H and O–H groups in total. The highest BCUT2D eigenvalue weighted by Crippen LogP contribution is 2.42. The number of aliphatic hydroxyl groups is 1. The predicted molar refractivity (Wildman–Crippen MR) is 147 cm³/mol. The number of rotatable bonds is 6. The number of imidazole rings is 1. The van der Waals surface area contributed by atoms with Crippen LogP contribution in [0.15, 0.2) is 134 Å². The summed E-state index contributed by atoms with van der Waals surface area (Å²) in [4.78, 5) is 9.27. The minimum absolute atomic E-state index is 0.627. The van der Waals surface area contributed by atoms with E-state index in [4.69, 9.17) is 4.98 Å². The molecule has 6 aromatic rings. The summed E-state index contributed by atoms with van der Waals surface area (Å²) in [6.45, 7) is 2.04. The molecule has 0 aliphatic rings. The molecule has 0 aliphatic carbocycles. The van der Waals surface area contributed by atoms with Crippen LogP contribution >= 0.6 is 0 Å². The molecule has 180 valence electrons. The molecule has 0 saturated carbocycles. The summed E-state index contributed by atoms with van der Waals surface area (Å²) in [6, 6.07) is 41.3. The Hall–Kier alpha value is -4.54. The van der Waals surface area contributed by atoms with E-state index in [1.807, 2.05) is 61.8 Å². The highest BCUT2D eigenvalue weighted by atomic mass is 16.3. The number of aromatic nitrogens is 3. The SMILES string of the molecule is Cc1c(C(O)c2ccc3cccnc3c2)ncn1C(c1ccccc1)(c1ccccc1)c1ccccc1. The quantitative estimate of drug-likeness (QED) is 0.271. The van der Waals surface area contributed by atoms with E-state index in [2.05, 4.69) is 82.3 Å². The van der Waals surface area contributed by atoms with E-state index in [0.29, 0.717) is 5.69 Å². The van der Waals surface area contributed by atoms with Crippen molar-refractivity contribution in [1.82, 2.24) is 14.5 Å². The molecular weight excluding hydrogens is 454 g/mol. The second-order valence-electron chi connectivity index (χ2n) is 9.25. The lowest BCUT2D eigenvalue weighted by Crippen LogP contribution is -2.38. The number of hydrogen-bond acceptors (Lipinski definition) is 3. The molecule has 0 aliphatic heterocycles. The van der Waals surface area contributed by atoms with E-state index >= 15 is 0 Å². The number of pyridine rings is 1. The number of hydrogen-bond donors (Lipinski definition) is 1. The van der Waals surface area contributed by atoms with Crippen molar-refractivity contribution in [2.45, 2.75) is 18.6 Å². The number of fused-ring (bicyclic) bond motifs is 1. The summed E-state index contributed by atoms with van der Waals surface area (Å²) in [5.41, 5.74) is 5.81. The van der Waals surface area contributed by atoms with Gasteiger partial charge in [-0.05, 0) is 41.3 Å². The van der Waals surface area contributed by atoms with Gasteiger partial charge in [-0.25, -0.2) is 4.98 Å². The molecule has 37 heavy (non-hydrogen) atoms. The van der Waals surface area contributed by atoms with Crippen LogP contribution < -0.4 is 0 Å². The zero-order chi connectivity index (χ0) is 25.2. The molecule has 0 bridgehead atoms. The molecule has 0 amide bonds. The van der Waals surface area contributed by atoms with Crippen LogP contribution in [0.4, 0.5) is 0 Å². The van der Waals surface area contributed by atoms with Crippen LogP contribution in [-0.4, -0.2) is 19.6 Å². The Morgan fingerprint density at radius 2 is 1.24 bits per heavy atom. The summed E-state index contributed by atoms with van der Waals surface area (Å²) >= 11 is 0. The summed E-state index contributed by atoms with van der Waals surface area (Å²) in [7, 11) is 0. The highest BCUT2D eigenvalue weighted by molar-refractivity contribution is 5.79. The van der Waals surface area contributed by atoms with Crippen molar-refractivity contribution in [2.75, 3.05) is 0 Å². The molecule has 2 aromatic heterocycles. The van der Waals surface area contributed by atoms with Gasteiger partial charge < -0.3 is 9.67 Å². The minimum Gasteiger partial charge on any atom is -0.382 e. The molecule has 6 rings (SSSR count). The number of aliphatic hydroxyl groups excluding tert-OH is 1. The summed E-state index contributed by atoms with van der Waals surface area (Å²) < 4.78 is 2.20. The molecule has 4 heteroatoms. The van der Waals surface area contributed by atoms with E-state index < -0.39 is 11.6 Å². The minimum atomic E-state index is -0.882. The summed E-state index contributed by atoms with van der Waals surface area (Å²) in [5.74, 6) is 0. The smallest absolute Gasteiger partial charge is 0.123 e. The fraction of sp³-hybridized carbons (Fsp3) is 0.0909. The normalized spacial score (nSPS) is 12.5. The van der Waals surface area contributed by atoms with Crippen LogP contribution in [0.3, 0.4) is 0 Å². The second-order valence-corrected chi connectivity index (χ2v) is 9.25. The zero-order valence-corrected chi connectivity index (χ0v) is 20.6. The van der Waals surface area contributed by atoms with Crippen LogP contribution in [0.5, 0.6) is 0 Å². The van der Waals surface area contributed by atoms with Crippen molar-refractivity contribution in [2.24, 2.45) is 0 Å². The molecule has 2 heterocycles. The van der Waals surface area contributed by atoms with E-state index in [1.54, 1.807) is 6.20 Å². The largest absolute Gasteiger partial charge is 0.382 e. The summed E-state index contributed by atoms with van der Waals surface area (Å²) in [6.07, 6.45) is 2.75. The van der Waals surface area contributed by atoms with Crippen molar-refractivity contribution in [3.05, 3.63) is 167 Å². The van der Waals surface area contributed by atoms with Crippen molar-refractivity contribution in [3.8, 4) is 0 Å². The Labute approximate surface area is 216 Å². The Morgan fingerprint density at radius 3 is 1.81 bits per heavy atom. The first-order valence-corrected chi connectivity index (χ1v) is 12.4. The maximum atomic E-state index is 11.5. The van der Waals surface area contributed by atoms with Gasteiger partial charge in [0, 0.05) is 17.3 Å². The van der Waals surface area contributed by atoms with E-state index in [9.17, 15) is 5.11 Å². The third-order valence-corrected chi connectivity index (χ3v) is 7.19. The van der Waals surface area contributed by atoms with Crippen molar-refractivity contribution in [3.63, 3.8) is 0 Å². The van der Waals surface area contributed by atoms with Gasteiger partial charge in [0.2, 0.25) is 0 Å². The van der Waals surface area contributed by atoms with Crippen LogP contribution in [0.2, 0.25) is 0 Å².